The van der Waals surface area contributed by atoms with Gasteiger partial charge in [0.25, 0.3) is 0 Å². The van der Waals surface area contributed by atoms with E-state index in [1.54, 1.807) is 6.92 Å². The van der Waals surface area contributed by atoms with Gasteiger partial charge in [-0.3, -0.25) is 0 Å². The summed E-state index contributed by atoms with van der Waals surface area (Å²) in [5.74, 6) is 0.723. The molecule has 0 unspecified atom stereocenters. The zero-order valence-electron chi connectivity index (χ0n) is 11.4. The van der Waals surface area contributed by atoms with E-state index >= 15 is 0 Å². The van der Waals surface area contributed by atoms with E-state index in [0.717, 1.165) is 22.8 Å². The molecule has 0 aromatic carbocycles. The third-order valence-electron chi connectivity index (χ3n) is 2.97. The summed E-state index contributed by atoms with van der Waals surface area (Å²) in [6.45, 7) is 5.62. The van der Waals surface area contributed by atoms with Crippen LogP contribution in [-0.4, -0.2) is 23.7 Å². The lowest BCUT2D eigenvalue weighted by molar-refractivity contribution is 0.392. The molecule has 7 nitrogen and oxygen atoms in total. The Hall–Kier alpha value is -1.61. The van der Waals surface area contributed by atoms with Crippen molar-refractivity contribution in [2.45, 2.75) is 32.2 Å². The molecule has 20 heavy (non-hydrogen) atoms. The van der Waals surface area contributed by atoms with E-state index in [-0.39, 0.29) is 16.5 Å². The minimum Gasteiger partial charge on any atom is -0.382 e. The molecule has 0 aliphatic rings. The molecule has 0 saturated carbocycles. The Kier molecular flexibility index (Phi) is 4.00. The van der Waals surface area contributed by atoms with E-state index < -0.39 is 9.84 Å². The van der Waals surface area contributed by atoms with Crippen molar-refractivity contribution in [1.82, 2.24) is 9.53 Å². The molecule has 0 spiro atoms. The van der Waals surface area contributed by atoms with Crippen LogP contribution in [0.2, 0.25) is 0 Å². The van der Waals surface area contributed by atoms with Crippen LogP contribution in [0.1, 0.15) is 23.9 Å². The number of nitrogen functional groups attached to an aromatic ring is 1. The van der Waals surface area contributed by atoms with Gasteiger partial charge < -0.3 is 15.6 Å². The Morgan fingerprint density at radius 2 is 2.10 bits per heavy atom. The number of aryl methyl sites for hydroxylation is 2. The molecule has 0 aliphatic heterocycles. The largest absolute Gasteiger partial charge is 0.382 e. The predicted octanol–water partition coefficient (Wildman–Crippen LogP) is 1.74. The van der Waals surface area contributed by atoms with Crippen LogP contribution in [0.25, 0.3) is 0 Å². The summed E-state index contributed by atoms with van der Waals surface area (Å²) in [7, 11) is -3.41. The average molecular weight is 316 g/mol. The van der Waals surface area contributed by atoms with Gasteiger partial charge in [0.1, 0.15) is 15.7 Å². The van der Waals surface area contributed by atoms with Crippen LogP contribution < -0.4 is 11.1 Å². The van der Waals surface area contributed by atoms with Gasteiger partial charge in [0, 0.05) is 12.1 Å². The number of hydrogen-bond donors (Lipinski definition) is 2. The van der Waals surface area contributed by atoms with Crippen LogP contribution >= 0.6 is 11.5 Å². The minimum absolute atomic E-state index is 0.0182. The van der Waals surface area contributed by atoms with Crippen molar-refractivity contribution in [3.63, 3.8) is 0 Å². The third-order valence-corrected chi connectivity index (χ3v) is 5.72. The van der Waals surface area contributed by atoms with Crippen LogP contribution in [0.3, 0.4) is 0 Å². The first-order valence-corrected chi connectivity index (χ1v) is 8.43. The van der Waals surface area contributed by atoms with Gasteiger partial charge in [0.05, 0.1) is 11.4 Å². The number of nitrogens with one attached hydrogen (secondary N) is 1. The fraction of sp³-hybridized carbons (Fsp3) is 0.455. The molecule has 2 aromatic rings. The van der Waals surface area contributed by atoms with Gasteiger partial charge in [0.15, 0.2) is 15.7 Å². The first kappa shape index (κ1) is 14.8. The van der Waals surface area contributed by atoms with Crippen molar-refractivity contribution < 1.29 is 12.9 Å². The number of anilines is 2. The zero-order chi connectivity index (χ0) is 14.9. The number of rotatable bonds is 5. The number of hydrogen-bond acceptors (Lipinski definition) is 8. The van der Waals surface area contributed by atoms with Crippen molar-refractivity contribution in [2.24, 2.45) is 0 Å². The normalized spacial score (nSPS) is 11.8. The fourth-order valence-electron chi connectivity index (χ4n) is 1.77. The fourth-order valence-corrected chi connectivity index (χ4v) is 3.94. The van der Waals surface area contributed by atoms with E-state index in [1.165, 1.54) is 0 Å². The maximum Gasteiger partial charge on any atom is 0.184 e. The minimum atomic E-state index is -3.41. The van der Waals surface area contributed by atoms with E-state index in [0.29, 0.717) is 17.3 Å². The second kappa shape index (κ2) is 5.41. The Labute approximate surface area is 121 Å². The highest BCUT2D eigenvalue weighted by Crippen LogP contribution is 2.32. The SMILES string of the molecule is CCS(=O)(=O)c1c(N)nsc1NCc1c(C)noc1C. The maximum atomic E-state index is 12.0. The van der Waals surface area contributed by atoms with Crippen LogP contribution in [0, 0.1) is 13.8 Å². The lowest BCUT2D eigenvalue weighted by Gasteiger charge is -2.06. The second-order valence-electron chi connectivity index (χ2n) is 4.29. The zero-order valence-corrected chi connectivity index (χ0v) is 13.1. The predicted molar refractivity (Wildman–Crippen MR) is 77.6 cm³/mol. The van der Waals surface area contributed by atoms with Crippen LogP contribution in [0.15, 0.2) is 9.42 Å². The van der Waals surface area contributed by atoms with Crippen molar-refractivity contribution in [3.05, 3.63) is 17.0 Å². The van der Waals surface area contributed by atoms with Gasteiger partial charge in [0.2, 0.25) is 0 Å². The molecule has 9 heteroatoms. The van der Waals surface area contributed by atoms with Gasteiger partial charge in [-0.2, -0.15) is 4.37 Å². The van der Waals surface area contributed by atoms with E-state index in [4.69, 9.17) is 10.3 Å². The molecule has 0 atom stereocenters. The summed E-state index contributed by atoms with van der Waals surface area (Å²) in [4.78, 5) is 0.0803. The van der Waals surface area contributed by atoms with Gasteiger partial charge >= 0.3 is 0 Å². The molecular formula is C11H16N4O3S2. The Bertz CT molecular complexity index is 699. The standard InChI is InChI=1S/C11H16N4O3S2/c1-4-20(16,17)9-10(12)15-19-11(9)13-5-8-6(2)14-18-7(8)3/h13H,4-5H2,1-3H3,(H2,12,15). The van der Waals surface area contributed by atoms with Crippen molar-refractivity contribution in [1.29, 1.82) is 0 Å². The molecule has 0 fully saturated rings. The maximum absolute atomic E-state index is 12.0. The van der Waals surface area contributed by atoms with Crippen molar-refractivity contribution in [2.75, 3.05) is 16.8 Å². The van der Waals surface area contributed by atoms with Gasteiger partial charge in [-0.25, -0.2) is 8.42 Å². The molecular weight excluding hydrogens is 300 g/mol. The number of aromatic nitrogens is 2. The number of nitrogens with two attached hydrogens (primary N) is 1. The van der Waals surface area contributed by atoms with Gasteiger partial charge in [-0.1, -0.05) is 12.1 Å². The lowest BCUT2D eigenvalue weighted by atomic mass is 10.2. The third kappa shape index (κ3) is 2.63. The van der Waals surface area contributed by atoms with E-state index in [9.17, 15) is 8.42 Å². The molecule has 0 aliphatic carbocycles. The summed E-state index contributed by atoms with van der Waals surface area (Å²) >= 11 is 1.04. The van der Waals surface area contributed by atoms with E-state index in [1.807, 2.05) is 13.8 Å². The molecule has 110 valence electrons. The Morgan fingerprint density at radius 1 is 1.40 bits per heavy atom. The Balaban J connectivity index is 2.28. The monoisotopic (exact) mass is 316 g/mol. The average Bonchev–Trinajstić information content (AvgIpc) is 2.92. The summed E-state index contributed by atoms with van der Waals surface area (Å²) in [6.07, 6.45) is 0. The lowest BCUT2D eigenvalue weighted by Crippen LogP contribution is -2.09. The van der Waals surface area contributed by atoms with Crippen molar-refractivity contribution >= 4 is 32.2 Å². The molecule has 0 amide bonds. The van der Waals surface area contributed by atoms with Gasteiger partial charge in [-0.15, -0.1) is 0 Å². The highest BCUT2D eigenvalue weighted by molar-refractivity contribution is 7.91. The molecule has 2 rings (SSSR count). The first-order valence-electron chi connectivity index (χ1n) is 6.00. The molecule has 3 N–H and O–H groups in total. The Morgan fingerprint density at radius 3 is 2.65 bits per heavy atom. The number of sulfone groups is 1. The van der Waals surface area contributed by atoms with E-state index in [2.05, 4.69) is 14.8 Å². The highest BCUT2D eigenvalue weighted by atomic mass is 32.2. The van der Waals surface area contributed by atoms with Crippen LogP contribution in [0.5, 0.6) is 0 Å². The van der Waals surface area contributed by atoms with Crippen LogP contribution in [0.4, 0.5) is 10.8 Å². The molecule has 2 heterocycles. The smallest absolute Gasteiger partial charge is 0.184 e. The quantitative estimate of drug-likeness (QED) is 0.864. The molecule has 2 aromatic heterocycles. The summed E-state index contributed by atoms with van der Waals surface area (Å²) in [5, 5.41) is 7.35. The topological polar surface area (TPSA) is 111 Å². The van der Waals surface area contributed by atoms with Gasteiger partial charge in [-0.05, 0) is 25.4 Å². The molecule has 0 radical (unpaired) electrons. The first-order chi connectivity index (χ1) is 9.36. The molecule has 0 bridgehead atoms. The van der Waals surface area contributed by atoms with Crippen LogP contribution in [-0.2, 0) is 16.4 Å². The summed E-state index contributed by atoms with van der Waals surface area (Å²) in [5.41, 5.74) is 7.33. The number of nitrogens with zero attached hydrogens (tertiary/aromatic N) is 2. The second-order valence-corrected chi connectivity index (χ2v) is 7.27. The molecule has 0 saturated heterocycles. The highest BCUT2D eigenvalue weighted by Gasteiger charge is 2.24. The van der Waals surface area contributed by atoms with Crippen molar-refractivity contribution in [3.8, 4) is 0 Å². The summed E-state index contributed by atoms with van der Waals surface area (Å²) < 4.78 is 33.0. The summed E-state index contributed by atoms with van der Waals surface area (Å²) in [6, 6.07) is 0.